The number of hydrogen-bond donors (Lipinski definition) is 0. The zero-order valence-corrected chi connectivity index (χ0v) is 29.5. The first kappa shape index (κ1) is 34.9. The van der Waals surface area contributed by atoms with Gasteiger partial charge in [0.05, 0.1) is 19.2 Å². The normalized spacial score (nSPS) is 11.4. The molecule has 2 aromatic heterocycles. The Balaban J connectivity index is 1.34. The highest BCUT2D eigenvalue weighted by atomic mass is 19.1. The molecule has 264 valence electrons. The molecule has 0 fully saturated rings. The monoisotopic (exact) mass is 703 g/mol. The quantitative estimate of drug-likeness (QED) is 0.0939. The number of hydrogen-bond acceptors (Lipinski definition) is 6. The molecule has 0 saturated carbocycles. The summed E-state index contributed by atoms with van der Waals surface area (Å²) in [6, 6.07) is 46.1. The van der Waals surface area contributed by atoms with Crippen molar-refractivity contribution >= 4 is 5.97 Å². The van der Waals surface area contributed by atoms with Gasteiger partial charge in [0.25, 0.3) is 5.56 Å². The average Bonchev–Trinajstić information content (AvgIpc) is 3.70. The topological polar surface area (TPSA) is 91.9 Å². The lowest BCUT2D eigenvalue weighted by Crippen LogP contribution is -2.39. The Morgan fingerprint density at radius 3 is 1.91 bits per heavy atom. The minimum Gasteiger partial charge on any atom is -0.465 e. The van der Waals surface area contributed by atoms with E-state index in [9.17, 15) is 9.59 Å². The number of benzene rings is 5. The summed E-state index contributed by atoms with van der Waals surface area (Å²) >= 11 is 0. The van der Waals surface area contributed by atoms with E-state index in [0.29, 0.717) is 34.6 Å². The van der Waals surface area contributed by atoms with Crippen molar-refractivity contribution in [2.75, 3.05) is 7.11 Å². The number of carbonyl (C=O) groups is 1. The van der Waals surface area contributed by atoms with E-state index in [1.807, 2.05) is 96.5 Å². The maximum atomic E-state index is 16.2. The molecule has 0 atom stereocenters. The van der Waals surface area contributed by atoms with Gasteiger partial charge in [-0.25, -0.2) is 13.9 Å². The maximum absolute atomic E-state index is 16.2. The molecule has 7 aromatic rings. The molecular formula is C44H38FN5O3. The van der Waals surface area contributed by atoms with E-state index >= 15 is 4.39 Å². The fraction of sp³-hybridized carbons (Fsp3) is 0.159. The van der Waals surface area contributed by atoms with Crippen LogP contribution in [0.1, 0.15) is 58.1 Å². The number of rotatable bonds is 12. The van der Waals surface area contributed by atoms with Crippen molar-refractivity contribution in [3.05, 3.63) is 195 Å². The van der Waals surface area contributed by atoms with Crippen molar-refractivity contribution in [1.29, 1.82) is 0 Å². The Bertz CT molecular complexity index is 2310. The fourth-order valence-electron chi connectivity index (χ4n) is 7.06. The molecule has 2 heterocycles. The molecule has 53 heavy (non-hydrogen) atoms. The summed E-state index contributed by atoms with van der Waals surface area (Å²) < 4.78 is 24.4. The second-order valence-electron chi connectivity index (χ2n) is 12.8. The van der Waals surface area contributed by atoms with E-state index < -0.39 is 22.9 Å². The van der Waals surface area contributed by atoms with Crippen molar-refractivity contribution in [2.24, 2.45) is 0 Å². The Morgan fingerprint density at radius 2 is 1.34 bits per heavy atom. The molecule has 9 heteroatoms. The number of unbranched alkanes of at least 4 members (excludes halogenated alkanes) is 1. The number of halogens is 1. The van der Waals surface area contributed by atoms with Crippen LogP contribution in [0.3, 0.4) is 0 Å². The summed E-state index contributed by atoms with van der Waals surface area (Å²) in [6.45, 7) is 2.06. The lowest BCUT2D eigenvalue weighted by molar-refractivity contribution is 0.0600. The van der Waals surface area contributed by atoms with Crippen LogP contribution < -0.4 is 5.56 Å². The lowest BCUT2D eigenvalue weighted by Gasteiger charge is -2.36. The van der Waals surface area contributed by atoms with Gasteiger partial charge in [0.1, 0.15) is 11.4 Å². The number of pyridine rings is 1. The Morgan fingerprint density at radius 1 is 0.755 bits per heavy atom. The van der Waals surface area contributed by atoms with E-state index in [1.165, 1.54) is 23.8 Å². The Labute approximate surface area is 307 Å². The van der Waals surface area contributed by atoms with Crippen LogP contribution in [0.15, 0.2) is 150 Å². The summed E-state index contributed by atoms with van der Waals surface area (Å²) in [4.78, 5) is 25.5. The van der Waals surface area contributed by atoms with Gasteiger partial charge in [-0.3, -0.25) is 4.79 Å². The molecule has 0 spiro atoms. The van der Waals surface area contributed by atoms with Crippen LogP contribution in [0, 0.1) is 5.82 Å². The SMILES string of the molecule is CCCCc1cc(C(=O)OC)cc(=O)n1Cc1ccc(-c2ccccc2-c2nnnn2C(c2ccccc2)(c2ccccc2)c2ccccc2)cc1F. The van der Waals surface area contributed by atoms with Crippen molar-refractivity contribution in [2.45, 2.75) is 38.3 Å². The molecular weight excluding hydrogens is 666 g/mol. The number of tetrazole rings is 1. The standard InChI is InChI=1S/C44H38FN5O3/c1-3-4-22-37-27-33(43(52)53-2)29-41(51)49(37)30-32-26-25-31(28-40(32)45)38-23-14-15-24-39(38)42-46-47-48-50(42)44(34-16-8-5-9-17-34,35-18-10-6-11-19-35)36-20-12-7-13-21-36/h5-21,23-29H,3-4,22,30H2,1-2H3. The van der Waals surface area contributed by atoms with Crippen LogP contribution in [0.4, 0.5) is 4.39 Å². The van der Waals surface area contributed by atoms with Gasteiger partial charge in [-0.1, -0.05) is 141 Å². The van der Waals surface area contributed by atoms with Gasteiger partial charge in [-0.2, -0.15) is 0 Å². The number of carbonyl (C=O) groups excluding carboxylic acids is 1. The van der Waals surface area contributed by atoms with Crippen LogP contribution in [0.2, 0.25) is 0 Å². The van der Waals surface area contributed by atoms with E-state index in [0.717, 1.165) is 35.1 Å². The van der Waals surface area contributed by atoms with E-state index in [4.69, 9.17) is 4.74 Å². The molecule has 0 radical (unpaired) electrons. The zero-order valence-electron chi connectivity index (χ0n) is 29.5. The Kier molecular flexibility index (Phi) is 10.2. The zero-order chi connectivity index (χ0) is 36.8. The molecule has 7 rings (SSSR count). The number of ether oxygens (including phenoxy) is 1. The molecule has 5 aromatic carbocycles. The highest BCUT2D eigenvalue weighted by Gasteiger charge is 2.42. The van der Waals surface area contributed by atoms with Gasteiger partial charge in [0, 0.05) is 22.9 Å². The van der Waals surface area contributed by atoms with Gasteiger partial charge in [-0.15, -0.1) is 5.10 Å². The first-order valence-corrected chi connectivity index (χ1v) is 17.6. The highest BCUT2D eigenvalue weighted by molar-refractivity contribution is 5.89. The second-order valence-corrected chi connectivity index (χ2v) is 12.8. The molecule has 0 saturated heterocycles. The number of aryl methyl sites for hydroxylation is 1. The third kappa shape index (κ3) is 6.69. The number of nitrogens with zero attached hydrogens (tertiary/aromatic N) is 5. The summed E-state index contributed by atoms with van der Waals surface area (Å²) in [5, 5.41) is 13.5. The lowest BCUT2D eigenvalue weighted by atomic mass is 9.77. The summed E-state index contributed by atoms with van der Waals surface area (Å²) in [7, 11) is 1.28. The smallest absolute Gasteiger partial charge is 0.338 e. The van der Waals surface area contributed by atoms with Crippen molar-refractivity contribution < 1.29 is 13.9 Å². The molecule has 0 aliphatic carbocycles. The van der Waals surface area contributed by atoms with Gasteiger partial charge in [0.15, 0.2) is 5.82 Å². The van der Waals surface area contributed by atoms with Crippen molar-refractivity contribution in [3.8, 4) is 22.5 Å². The average molecular weight is 704 g/mol. The predicted octanol–water partition coefficient (Wildman–Crippen LogP) is 8.33. The first-order chi connectivity index (χ1) is 25.9. The van der Waals surface area contributed by atoms with Gasteiger partial charge in [0.2, 0.25) is 0 Å². The first-order valence-electron chi connectivity index (χ1n) is 17.6. The third-order valence-electron chi connectivity index (χ3n) is 9.64. The molecule has 0 amide bonds. The maximum Gasteiger partial charge on any atom is 0.338 e. The molecule has 0 N–H and O–H groups in total. The minimum absolute atomic E-state index is 0.0130. The van der Waals surface area contributed by atoms with Gasteiger partial charge in [-0.05, 0) is 63.2 Å². The van der Waals surface area contributed by atoms with Crippen LogP contribution in [0.25, 0.3) is 22.5 Å². The molecule has 0 aliphatic heterocycles. The molecule has 0 unspecified atom stereocenters. The number of aromatic nitrogens is 5. The van der Waals surface area contributed by atoms with Crippen LogP contribution in [-0.4, -0.2) is 37.9 Å². The highest BCUT2D eigenvalue weighted by Crippen LogP contribution is 2.43. The van der Waals surface area contributed by atoms with E-state index in [2.05, 4.69) is 51.9 Å². The van der Waals surface area contributed by atoms with E-state index in [-0.39, 0.29) is 12.1 Å². The molecule has 0 bridgehead atoms. The van der Waals surface area contributed by atoms with Crippen molar-refractivity contribution in [1.82, 2.24) is 24.8 Å². The Hall–Kier alpha value is -6.48. The van der Waals surface area contributed by atoms with Gasteiger partial charge >= 0.3 is 5.97 Å². The van der Waals surface area contributed by atoms with Crippen molar-refractivity contribution in [3.63, 3.8) is 0 Å². The van der Waals surface area contributed by atoms with Gasteiger partial charge < -0.3 is 9.30 Å². The van der Waals surface area contributed by atoms with Crippen LogP contribution >= 0.6 is 0 Å². The summed E-state index contributed by atoms with van der Waals surface area (Å²) in [5.41, 5.74) is 4.80. The molecule has 8 nitrogen and oxygen atoms in total. The number of esters is 1. The third-order valence-corrected chi connectivity index (χ3v) is 9.64. The second kappa shape index (κ2) is 15.4. The molecule has 0 aliphatic rings. The minimum atomic E-state index is -0.961. The van der Waals surface area contributed by atoms with Crippen LogP contribution in [-0.2, 0) is 23.2 Å². The fourth-order valence-corrected chi connectivity index (χ4v) is 7.06. The largest absolute Gasteiger partial charge is 0.465 e. The number of methoxy groups -OCH3 is 1. The van der Waals surface area contributed by atoms with Crippen LogP contribution in [0.5, 0.6) is 0 Å². The van der Waals surface area contributed by atoms with E-state index in [1.54, 1.807) is 12.1 Å². The summed E-state index contributed by atoms with van der Waals surface area (Å²) in [6.07, 6.45) is 2.27. The summed E-state index contributed by atoms with van der Waals surface area (Å²) in [5.74, 6) is -0.547. The predicted molar refractivity (Wildman–Crippen MR) is 203 cm³/mol.